The van der Waals surface area contributed by atoms with Crippen molar-refractivity contribution in [2.45, 2.75) is 33.2 Å². The Balaban J connectivity index is 1.64. The van der Waals surface area contributed by atoms with Crippen LogP contribution in [0.3, 0.4) is 0 Å². The first kappa shape index (κ1) is 13.7. The molecule has 2 aromatic rings. The highest BCUT2D eigenvalue weighted by atomic mass is 16.5. The van der Waals surface area contributed by atoms with Gasteiger partial charge < -0.3 is 15.2 Å². The SMILES string of the molecule is Cc1noc(C)c1CNc1cccc(NC(=O)C2CC2)c1. The second kappa shape index (κ2) is 5.60. The highest BCUT2D eigenvalue weighted by Crippen LogP contribution is 2.30. The third kappa shape index (κ3) is 3.24. The number of amides is 1. The fraction of sp³-hybridized carbons (Fsp3) is 0.375. The molecule has 1 amide bonds. The van der Waals surface area contributed by atoms with Crippen LogP contribution in [-0.2, 0) is 11.3 Å². The summed E-state index contributed by atoms with van der Waals surface area (Å²) in [5.41, 5.74) is 3.76. The van der Waals surface area contributed by atoms with E-state index in [4.69, 9.17) is 4.52 Å². The van der Waals surface area contributed by atoms with Gasteiger partial charge in [-0.1, -0.05) is 11.2 Å². The smallest absolute Gasteiger partial charge is 0.227 e. The summed E-state index contributed by atoms with van der Waals surface area (Å²) >= 11 is 0. The summed E-state index contributed by atoms with van der Waals surface area (Å²) in [5.74, 6) is 1.17. The zero-order valence-corrected chi connectivity index (χ0v) is 12.3. The first-order chi connectivity index (χ1) is 10.1. The van der Waals surface area contributed by atoms with Gasteiger partial charge in [-0.15, -0.1) is 0 Å². The fourth-order valence-electron chi connectivity index (χ4n) is 2.24. The molecule has 1 aromatic heterocycles. The lowest BCUT2D eigenvalue weighted by molar-refractivity contribution is -0.117. The lowest BCUT2D eigenvalue weighted by Crippen LogP contribution is -2.13. The van der Waals surface area contributed by atoms with Crippen LogP contribution in [0.4, 0.5) is 11.4 Å². The normalized spacial score (nSPS) is 14.0. The van der Waals surface area contributed by atoms with Gasteiger partial charge in [-0.2, -0.15) is 0 Å². The van der Waals surface area contributed by atoms with Gasteiger partial charge in [-0.25, -0.2) is 0 Å². The second-order valence-electron chi connectivity index (χ2n) is 5.50. The molecule has 0 radical (unpaired) electrons. The molecule has 0 atom stereocenters. The van der Waals surface area contributed by atoms with Gasteiger partial charge in [0.05, 0.1) is 5.69 Å². The van der Waals surface area contributed by atoms with E-state index in [1.54, 1.807) is 0 Å². The van der Waals surface area contributed by atoms with E-state index in [9.17, 15) is 4.79 Å². The molecule has 1 aliphatic rings. The number of anilines is 2. The fourth-order valence-corrected chi connectivity index (χ4v) is 2.24. The maximum atomic E-state index is 11.8. The number of nitrogens with one attached hydrogen (secondary N) is 2. The lowest BCUT2D eigenvalue weighted by atomic mass is 10.2. The van der Waals surface area contributed by atoms with Crippen LogP contribution in [0.5, 0.6) is 0 Å². The van der Waals surface area contributed by atoms with Crippen molar-refractivity contribution in [1.82, 2.24) is 5.16 Å². The van der Waals surface area contributed by atoms with E-state index >= 15 is 0 Å². The number of benzene rings is 1. The molecule has 0 unspecified atom stereocenters. The number of aromatic nitrogens is 1. The van der Waals surface area contributed by atoms with E-state index in [0.29, 0.717) is 6.54 Å². The zero-order valence-electron chi connectivity index (χ0n) is 12.3. The van der Waals surface area contributed by atoms with Crippen LogP contribution in [0.15, 0.2) is 28.8 Å². The van der Waals surface area contributed by atoms with Crippen molar-refractivity contribution in [1.29, 1.82) is 0 Å². The van der Waals surface area contributed by atoms with E-state index in [-0.39, 0.29) is 11.8 Å². The summed E-state index contributed by atoms with van der Waals surface area (Å²) in [6.45, 7) is 4.49. The Morgan fingerprint density at radius 1 is 1.33 bits per heavy atom. The molecule has 110 valence electrons. The molecule has 2 N–H and O–H groups in total. The Hall–Kier alpha value is -2.30. The average molecular weight is 285 g/mol. The number of hydrogen-bond acceptors (Lipinski definition) is 4. The third-order valence-corrected chi connectivity index (χ3v) is 3.73. The number of carbonyl (C=O) groups is 1. The molecule has 1 aromatic carbocycles. The molecule has 1 fully saturated rings. The molecule has 0 spiro atoms. The van der Waals surface area contributed by atoms with Crippen LogP contribution in [0.25, 0.3) is 0 Å². The van der Waals surface area contributed by atoms with Crippen LogP contribution >= 0.6 is 0 Å². The van der Waals surface area contributed by atoms with Gasteiger partial charge in [0.15, 0.2) is 0 Å². The Kier molecular flexibility index (Phi) is 3.64. The predicted octanol–water partition coefficient (Wildman–Crippen LogP) is 3.25. The molecule has 0 aliphatic heterocycles. The maximum absolute atomic E-state index is 11.8. The lowest BCUT2D eigenvalue weighted by Gasteiger charge is -2.09. The minimum atomic E-state index is 0.123. The number of carbonyl (C=O) groups excluding carboxylic acids is 1. The van der Waals surface area contributed by atoms with Crippen molar-refractivity contribution in [2.24, 2.45) is 5.92 Å². The Bertz CT molecular complexity index is 640. The summed E-state index contributed by atoms with van der Waals surface area (Å²) in [6.07, 6.45) is 2.02. The Labute approximate surface area is 123 Å². The van der Waals surface area contributed by atoms with Crippen LogP contribution in [-0.4, -0.2) is 11.1 Å². The number of hydrogen-bond donors (Lipinski definition) is 2. The van der Waals surface area contributed by atoms with Gasteiger partial charge in [0, 0.05) is 29.4 Å². The first-order valence-corrected chi connectivity index (χ1v) is 7.20. The Morgan fingerprint density at radius 2 is 2.10 bits per heavy atom. The van der Waals surface area contributed by atoms with Crippen molar-refractivity contribution >= 4 is 17.3 Å². The van der Waals surface area contributed by atoms with E-state index in [0.717, 1.165) is 41.2 Å². The molecule has 5 heteroatoms. The highest BCUT2D eigenvalue weighted by Gasteiger charge is 2.29. The average Bonchev–Trinajstić information content (AvgIpc) is 3.26. The maximum Gasteiger partial charge on any atom is 0.227 e. The largest absolute Gasteiger partial charge is 0.381 e. The highest BCUT2D eigenvalue weighted by molar-refractivity contribution is 5.94. The Morgan fingerprint density at radius 3 is 2.76 bits per heavy atom. The molecule has 1 heterocycles. The van der Waals surface area contributed by atoms with E-state index < -0.39 is 0 Å². The van der Waals surface area contributed by atoms with Crippen LogP contribution < -0.4 is 10.6 Å². The summed E-state index contributed by atoms with van der Waals surface area (Å²) in [6, 6.07) is 7.75. The quantitative estimate of drug-likeness (QED) is 0.885. The summed E-state index contributed by atoms with van der Waals surface area (Å²) in [7, 11) is 0. The predicted molar refractivity (Wildman–Crippen MR) is 81.1 cm³/mol. The van der Waals surface area contributed by atoms with Gasteiger partial charge in [0.2, 0.25) is 5.91 Å². The van der Waals surface area contributed by atoms with E-state index in [2.05, 4.69) is 15.8 Å². The molecular formula is C16H19N3O2. The van der Waals surface area contributed by atoms with Gasteiger partial charge in [0.1, 0.15) is 5.76 Å². The van der Waals surface area contributed by atoms with Crippen LogP contribution in [0, 0.1) is 19.8 Å². The summed E-state index contributed by atoms with van der Waals surface area (Å²) in [4.78, 5) is 11.8. The monoisotopic (exact) mass is 285 g/mol. The summed E-state index contributed by atoms with van der Waals surface area (Å²) < 4.78 is 5.15. The molecule has 21 heavy (non-hydrogen) atoms. The molecule has 1 aliphatic carbocycles. The van der Waals surface area contributed by atoms with Crippen molar-refractivity contribution < 1.29 is 9.32 Å². The zero-order chi connectivity index (χ0) is 14.8. The van der Waals surface area contributed by atoms with Gasteiger partial charge in [0.25, 0.3) is 0 Å². The molecule has 1 saturated carbocycles. The van der Waals surface area contributed by atoms with Gasteiger partial charge >= 0.3 is 0 Å². The van der Waals surface area contributed by atoms with E-state index in [1.165, 1.54) is 0 Å². The molecule has 0 saturated heterocycles. The standard InChI is InChI=1S/C16H19N3O2/c1-10-15(11(2)21-19-10)9-17-13-4-3-5-14(8-13)18-16(20)12-6-7-12/h3-5,8,12,17H,6-7,9H2,1-2H3,(H,18,20). The molecule has 0 bridgehead atoms. The molecule has 5 nitrogen and oxygen atoms in total. The van der Waals surface area contributed by atoms with Crippen molar-refractivity contribution in [3.05, 3.63) is 41.3 Å². The minimum absolute atomic E-state index is 0.123. The topological polar surface area (TPSA) is 67.2 Å². The number of aryl methyl sites for hydroxylation is 2. The third-order valence-electron chi connectivity index (χ3n) is 3.73. The number of nitrogens with zero attached hydrogens (tertiary/aromatic N) is 1. The van der Waals surface area contributed by atoms with Crippen LogP contribution in [0.2, 0.25) is 0 Å². The van der Waals surface area contributed by atoms with Crippen molar-refractivity contribution in [3.63, 3.8) is 0 Å². The van der Waals surface area contributed by atoms with Crippen molar-refractivity contribution in [3.8, 4) is 0 Å². The van der Waals surface area contributed by atoms with E-state index in [1.807, 2.05) is 38.1 Å². The van der Waals surface area contributed by atoms with Gasteiger partial charge in [-0.3, -0.25) is 4.79 Å². The minimum Gasteiger partial charge on any atom is -0.381 e. The summed E-state index contributed by atoms with van der Waals surface area (Å²) in [5, 5.41) is 10.2. The van der Waals surface area contributed by atoms with Crippen molar-refractivity contribution in [2.75, 3.05) is 10.6 Å². The second-order valence-corrected chi connectivity index (χ2v) is 5.50. The van der Waals surface area contributed by atoms with Gasteiger partial charge in [-0.05, 0) is 44.9 Å². The molecular weight excluding hydrogens is 266 g/mol. The molecule has 3 rings (SSSR count). The van der Waals surface area contributed by atoms with Crippen LogP contribution in [0.1, 0.15) is 29.9 Å². The number of rotatable bonds is 5. The first-order valence-electron chi connectivity index (χ1n) is 7.20.